The summed E-state index contributed by atoms with van der Waals surface area (Å²) in [6, 6.07) is 0.0590. The summed E-state index contributed by atoms with van der Waals surface area (Å²) in [7, 11) is 0. The molecule has 2 N–H and O–H groups in total. The number of nitrogens with two attached hydrogens (primary N) is 1. The lowest BCUT2D eigenvalue weighted by Gasteiger charge is -2.25. The second kappa shape index (κ2) is 4.77. The van der Waals surface area contributed by atoms with Gasteiger partial charge in [0.1, 0.15) is 6.10 Å². The van der Waals surface area contributed by atoms with Crippen molar-refractivity contribution < 1.29 is 17.9 Å². The third-order valence-electron chi connectivity index (χ3n) is 2.60. The summed E-state index contributed by atoms with van der Waals surface area (Å²) in [5.41, 5.74) is 5.76. The van der Waals surface area contributed by atoms with E-state index in [9.17, 15) is 13.2 Å². The summed E-state index contributed by atoms with van der Waals surface area (Å²) in [6.45, 7) is 0. The van der Waals surface area contributed by atoms with E-state index in [-0.39, 0.29) is 17.3 Å². The zero-order valence-electron chi connectivity index (χ0n) is 8.91. The van der Waals surface area contributed by atoms with Crippen molar-refractivity contribution in [3.8, 4) is 5.19 Å². The Morgan fingerprint density at radius 2 is 2.12 bits per heavy atom. The first kappa shape index (κ1) is 12.6. The van der Waals surface area contributed by atoms with Crippen molar-refractivity contribution in [1.82, 2.24) is 9.36 Å². The number of aromatic nitrogens is 2. The molecular weight excluding hydrogens is 255 g/mol. The first-order valence-electron chi connectivity index (χ1n) is 5.28. The van der Waals surface area contributed by atoms with E-state index in [1.54, 1.807) is 0 Å². The molecule has 0 aliphatic heterocycles. The van der Waals surface area contributed by atoms with Gasteiger partial charge in [0.2, 0.25) is 0 Å². The van der Waals surface area contributed by atoms with Crippen LogP contribution in [-0.4, -0.2) is 21.5 Å². The molecule has 1 aliphatic carbocycles. The van der Waals surface area contributed by atoms with E-state index in [4.69, 9.17) is 10.5 Å². The van der Waals surface area contributed by atoms with E-state index >= 15 is 0 Å². The minimum atomic E-state index is -4.51. The summed E-state index contributed by atoms with van der Waals surface area (Å²) in [6.07, 6.45) is -1.34. The third kappa shape index (κ3) is 3.29. The fourth-order valence-corrected chi connectivity index (χ4v) is 2.42. The van der Waals surface area contributed by atoms with Gasteiger partial charge in [0.05, 0.1) is 0 Å². The van der Waals surface area contributed by atoms with Crippen molar-refractivity contribution in [2.45, 2.75) is 44.0 Å². The molecule has 8 heteroatoms. The molecule has 96 valence electrons. The fraction of sp³-hybridized carbons (Fsp3) is 0.778. The van der Waals surface area contributed by atoms with E-state index in [2.05, 4.69) is 9.36 Å². The molecule has 1 aromatic heterocycles. The number of rotatable bonds is 2. The predicted octanol–water partition coefficient (Wildman–Crippen LogP) is 2.21. The third-order valence-corrected chi connectivity index (χ3v) is 3.20. The zero-order valence-corrected chi connectivity index (χ0v) is 9.72. The second-order valence-electron chi connectivity index (χ2n) is 4.05. The van der Waals surface area contributed by atoms with E-state index < -0.39 is 12.0 Å². The molecule has 17 heavy (non-hydrogen) atoms. The molecular formula is C9H12F3N3OS. The highest BCUT2D eigenvalue weighted by Gasteiger charge is 2.36. The molecule has 0 amide bonds. The Labute approximate surface area is 100 Å². The van der Waals surface area contributed by atoms with E-state index in [1.807, 2.05) is 0 Å². The van der Waals surface area contributed by atoms with Gasteiger partial charge in [-0.15, -0.1) is 0 Å². The van der Waals surface area contributed by atoms with Gasteiger partial charge in [0.25, 0.3) is 11.0 Å². The van der Waals surface area contributed by atoms with Gasteiger partial charge < -0.3 is 10.5 Å². The van der Waals surface area contributed by atoms with Crippen LogP contribution in [0.3, 0.4) is 0 Å². The van der Waals surface area contributed by atoms with Gasteiger partial charge in [-0.3, -0.25) is 0 Å². The monoisotopic (exact) mass is 267 g/mol. The largest absolute Gasteiger partial charge is 0.466 e. The molecule has 0 aromatic carbocycles. The zero-order chi connectivity index (χ0) is 12.5. The van der Waals surface area contributed by atoms with Gasteiger partial charge in [-0.1, -0.05) is 0 Å². The van der Waals surface area contributed by atoms with Crippen molar-refractivity contribution in [3.63, 3.8) is 0 Å². The Balaban J connectivity index is 1.97. The van der Waals surface area contributed by atoms with Crippen molar-refractivity contribution in [2.75, 3.05) is 0 Å². The van der Waals surface area contributed by atoms with Crippen molar-refractivity contribution >= 4 is 11.5 Å². The van der Waals surface area contributed by atoms with E-state index in [1.165, 1.54) is 0 Å². The molecule has 0 bridgehead atoms. The summed E-state index contributed by atoms with van der Waals surface area (Å²) in [5, 5.41) is -0.0311. The van der Waals surface area contributed by atoms with Crippen LogP contribution in [0, 0.1) is 0 Å². The molecule has 1 aliphatic rings. The molecule has 2 atom stereocenters. The maximum absolute atomic E-state index is 12.2. The molecule has 4 nitrogen and oxygen atoms in total. The van der Waals surface area contributed by atoms with Crippen LogP contribution in [0.2, 0.25) is 0 Å². The number of nitrogens with zero attached hydrogens (tertiary/aromatic N) is 2. The number of halogens is 3. The standard InChI is InChI=1S/C9H12F3N3OS/c10-9(11,12)7-14-8(17-15-7)16-6-3-1-2-5(13)4-6/h5-6H,1-4,13H2. The highest BCUT2D eigenvalue weighted by atomic mass is 32.1. The average Bonchev–Trinajstić information content (AvgIpc) is 2.65. The van der Waals surface area contributed by atoms with Gasteiger partial charge in [0.15, 0.2) is 0 Å². The highest BCUT2D eigenvalue weighted by molar-refractivity contribution is 7.07. The topological polar surface area (TPSA) is 61.0 Å². The Bertz CT molecular complexity index is 382. The maximum atomic E-state index is 12.2. The van der Waals surface area contributed by atoms with Gasteiger partial charge >= 0.3 is 6.18 Å². The van der Waals surface area contributed by atoms with Crippen LogP contribution in [0.15, 0.2) is 0 Å². The molecule has 1 heterocycles. The molecule has 0 spiro atoms. The lowest BCUT2D eigenvalue weighted by molar-refractivity contribution is -0.144. The number of alkyl halides is 3. The van der Waals surface area contributed by atoms with Gasteiger partial charge in [0, 0.05) is 17.6 Å². The quantitative estimate of drug-likeness (QED) is 0.892. The van der Waals surface area contributed by atoms with Crippen LogP contribution >= 0.6 is 11.5 Å². The first-order chi connectivity index (χ1) is 7.95. The Hall–Kier alpha value is -0.890. The minimum absolute atomic E-state index is 0.0311. The molecule has 1 fully saturated rings. The normalized spacial score (nSPS) is 25.9. The van der Waals surface area contributed by atoms with E-state index in [0.29, 0.717) is 18.0 Å². The van der Waals surface area contributed by atoms with Crippen LogP contribution in [0.5, 0.6) is 5.19 Å². The number of hydrogen-bond acceptors (Lipinski definition) is 5. The number of ether oxygens (including phenoxy) is 1. The van der Waals surface area contributed by atoms with Gasteiger partial charge in [-0.2, -0.15) is 22.5 Å². The first-order valence-corrected chi connectivity index (χ1v) is 6.05. The van der Waals surface area contributed by atoms with Crippen LogP contribution < -0.4 is 10.5 Å². The second-order valence-corrected chi connectivity index (χ2v) is 4.76. The highest BCUT2D eigenvalue weighted by Crippen LogP contribution is 2.31. The Morgan fingerprint density at radius 1 is 1.35 bits per heavy atom. The SMILES string of the molecule is NC1CCCC(Oc2nc(C(F)(F)F)ns2)C1. The Morgan fingerprint density at radius 3 is 2.71 bits per heavy atom. The summed E-state index contributed by atoms with van der Waals surface area (Å²) >= 11 is 0.627. The average molecular weight is 267 g/mol. The molecule has 1 aromatic rings. The summed E-state index contributed by atoms with van der Waals surface area (Å²) in [5.74, 6) is -1.14. The van der Waals surface area contributed by atoms with E-state index in [0.717, 1.165) is 19.3 Å². The van der Waals surface area contributed by atoms with Crippen molar-refractivity contribution in [1.29, 1.82) is 0 Å². The summed E-state index contributed by atoms with van der Waals surface area (Å²) in [4.78, 5) is 3.32. The maximum Gasteiger partial charge on any atom is 0.452 e. The smallest absolute Gasteiger partial charge is 0.452 e. The molecule has 0 saturated heterocycles. The van der Waals surface area contributed by atoms with Crippen LogP contribution in [0.25, 0.3) is 0 Å². The molecule has 0 radical (unpaired) electrons. The van der Waals surface area contributed by atoms with Crippen LogP contribution in [0.4, 0.5) is 13.2 Å². The molecule has 2 unspecified atom stereocenters. The lowest BCUT2D eigenvalue weighted by atomic mass is 9.94. The van der Waals surface area contributed by atoms with Gasteiger partial charge in [-0.05, 0) is 25.7 Å². The lowest BCUT2D eigenvalue weighted by Crippen LogP contribution is -2.33. The Kier molecular flexibility index (Phi) is 3.53. The van der Waals surface area contributed by atoms with Crippen molar-refractivity contribution in [2.24, 2.45) is 5.73 Å². The minimum Gasteiger partial charge on any atom is -0.466 e. The fourth-order valence-electron chi connectivity index (χ4n) is 1.80. The van der Waals surface area contributed by atoms with Crippen LogP contribution in [0.1, 0.15) is 31.5 Å². The molecule has 2 rings (SSSR count). The van der Waals surface area contributed by atoms with Crippen molar-refractivity contribution in [3.05, 3.63) is 5.82 Å². The number of hydrogen-bond donors (Lipinski definition) is 1. The molecule has 1 saturated carbocycles. The van der Waals surface area contributed by atoms with Gasteiger partial charge in [-0.25, -0.2) is 0 Å². The van der Waals surface area contributed by atoms with Crippen LogP contribution in [-0.2, 0) is 6.18 Å². The summed E-state index contributed by atoms with van der Waals surface area (Å²) < 4.78 is 45.3. The predicted molar refractivity (Wildman–Crippen MR) is 55.8 cm³/mol.